The summed E-state index contributed by atoms with van der Waals surface area (Å²) in [6, 6.07) is 19.7. The Morgan fingerprint density at radius 3 is 2.73 bits per heavy atom. The lowest BCUT2D eigenvalue weighted by molar-refractivity contribution is -0.120. The van der Waals surface area contributed by atoms with Gasteiger partial charge in [-0.05, 0) is 42.3 Å². The molecule has 0 bridgehead atoms. The van der Waals surface area contributed by atoms with Crippen molar-refractivity contribution in [3.05, 3.63) is 77.6 Å². The smallest absolute Gasteiger partial charge is 0.224 e. The van der Waals surface area contributed by atoms with E-state index in [2.05, 4.69) is 10.3 Å². The van der Waals surface area contributed by atoms with Gasteiger partial charge in [0.15, 0.2) is 10.8 Å². The van der Waals surface area contributed by atoms with Crippen molar-refractivity contribution in [1.82, 2.24) is 10.3 Å². The number of benzene rings is 2. The highest BCUT2D eigenvalue weighted by Gasteiger charge is 2.11. The Bertz CT molecular complexity index is 1030. The first-order valence-corrected chi connectivity index (χ1v) is 9.26. The molecule has 4 aromatic rings. The van der Waals surface area contributed by atoms with Crippen LogP contribution >= 0.6 is 11.3 Å². The zero-order chi connectivity index (χ0) is 17.9. The topological polar surface area (TPSA) is 55.1 Å². The number of thiazole rings is 1. The second-order valence-electron chi connectivity index (χ2n) is 6.13. The zero-order valence-corrected chi connectivity index (χ0v) is 15.2. The fourth-order valence-electron chi connectivity index (χ4n) is 2.80. The van der Waals surface area contributed by atoms with Crippen molar-refractivity contribution < 1.29 is 9.21 Å². The maximum atomic E-state index is 12.2. The summed E-state index contributed by atoms with van der Waals surface area (Å²) in [5.74, 6) is 1.43. The largest absolute Gasteiger partial charge is 0.457 e. The lowest BCUT2D eigenvalue weighted by Gasteiger charge is -2.06. The number of aryl methyl sites for hydroxylation is 1. The van der Waals surface area contributed by atoms with Gasteiger partial charge in [-0.3, -0.25) is 4.79 Å². The number of nitrogens with one attached hydrogen (secondary N) is 1. The number of carbonyl (C=O) groups excluding carboxylic acids is 1. The minimum absolute atomic E-state index is 0.0164. The Balaban J connectivity index is 1.40. The Morgan fingerprint density at radius 1 is 1.08 bits per heavy atom. The second-order valence-corrected chi connectivity index (χ2v) is 7.16. The summed E-state index contributed by atoms with van der Waals surface area (Å²) in [6.07, 6.45) is 0.373. The van der Waals surface area contributed by atoms with Gasteiger partial charge in [0, 0.05) is 0 Å². The van der Waals surface area contributed by atoms with Gasteiger partial charge in [-0.1, -0.05) is 36.4 Å². The molecule has 0 atom stereocenters. The second kappa shape index (κ2) is 7.14. The lowest BCUT2D eigenvalue weighted by atomic mass is 10.1. The van der Waals surface area contributed by atoms with E-state index in [9.17, 15) is 4.79 Å². The Kier molecular flexibility index (Phi) is 4.54. The molecule has 0 radical (unpaired) electrons. The molecule has 1 N–H and O–H groups in total. The third kappa shape index (κ3) is 3.53. The van der Waals surface area contributed by atoms with Crippen LogP contribution < -0.4 is 5.32 Å². The van der Waals surface area contributed by atoms with Gasteiger partial charge < -0.3 is 9.73 Å². The summed E-state index contributed by atoms with van der Waals surface area (Å²) < 4.78 is 6.99. The van der Waals surface area contributed by atoms with Gasteiger partial charge in [0.2, 0.25) is 5.91 Å². The lowest BCUT2D eigenvalue weighted by Crippen LogP contribution is -2.24. The average molecular weight is 362 g/mol. The maximum absolute atomic E-state index is 12.2. The van der Waals surface area contributed by atoms with E-state index in [1.54, 1.807) is 11.3 Å². The van der Waals surface area contributed by atoms with Gasteiger partial charge in [0.1, 0.15) is 5.76 Å². The van der Waals surface area contributed by atoms with Crippen LogP contribution in [-0.4, -0.2) is 10.9 Å². The molecular formula is C21H18N2O2S. The van der Waals surface area contributed by atoms with Crippen molar-refractivity contribution in [2.45, 2.75) is 19.9 Å². The molecule has 4 rings (SSSR count). The minimum atomic E-state index is -0.0164. The van der Waals surface area contributed by atoms with Crippen LogP contribution in [0.25, 0.3) is 21.0 Å². The average Bonchev–Trinajstić information content (AvgIpc) is 3.28. The van der Waals surface area contributed by atoms with E-state index in [1.165, 1.54) is 0 Å². The van der Waals surface area contributed by atoms with Crippen molar-refractivity contribution in [2.75, 3.05) is 0 Å². The molecule has 5 heteroatoms. The number of para-hydroxylation sites is 1. The fourth-order valence-corrected chi connectivity index (χ4v) is 3.72. The Labute approximate surface area is 155 Å². The quantitative estimate of drug-likeness (QED) is 0.559. The van der Waals surface area contributed by atoms with Crippen molar-refractivity contribution in [2.24, 2.45) is 0 Å². The van der Waals surface area contributed by atoms with Crippen LogP contribution in [0.1, 0.15) is 16.9 Å². The highest BCUT2D eigenvalue weighted by molar-refractivity contribution is 7.21. The predicted molar refractivity (Wildman–Crippen MR) is 104 cm³/mol. The van der Waals surface area contributed by atoms with Crippen molar-refractivity contribution in [1.29, 1.82) is 0 Å². The highest BCUT2D eigenvalue weighted by atomic mass is 32.1. The summed E-state index contributed by atoms with van der Waals surface area (Å²) in [7, 11) is 0. The molecule has 0 unspecified atom stereocenters. The fraction of sp³-hybridized carbons (Fsp3) is 0.143. The molecule has 0 saturated heterocycles. The summed E-state index contributed by atoms with van der Waals surface area (Å²) >= 11 is 1.60. The highest BCUT2D eigenvalue weighted by Crippen LogP contribution is 2.31. The van der Waals surface area contributed by atoms with Crippen molar-refractivity contribution in [3.63, 3.8) is 0 Å². The Hall–Kier alpha value is -2.92. The maximum Gasteiger partial charge on any atom is 0.224 e. The van der Waals surface area contributed by atoms with Crippen LogP contribution in [-0.2, 0) is 17.8 Å². The van der Waals surface area contributed by atoms with Crippen molar-refractivity contribution >= 4 is 27.5 Å². The van der Waals surface area contributed by atoms with Gasteiger partial charge in [-0.15, -0.1) is 11.3 Å². The van der Waals surface area contributed by atoms with Gasteiger partial charge in [-0.2, -0.15) is 0 Å². The molecule has 2 aromatic carbocycles. The number of hydrogen-bond donors (Lipinski definition) is 1. The first-order chi connectivity index (χ1) is 12.7. The minimum Gasteiger partial charge on any atom is -0.457 e. The monoisotopic (exact) mass is 362 g/mol. The molecule has 0 aliphatic heterocycles. The molecule has 2 aromatic heterocycles. The van der Waals surface area contributed by atoms with Crippen LogP contribution in [0.2, 0.25) is 0 Å². The standard InChI is InChI=1S/C21H18N2O2S/c1-14-6-2-3-7-15(14)12-20(24)22-13-16-10-11-18(25-16)21-23-17-8-4-5-9-19(17)26-21/h2-11H,12-13H2,1H3,(H,22,24). The Morgan fingerprint density at radius 2 is 1.88 bits per heavy atom. The molecule has 2 heterocycles. The molecule has 0 fully saturated rings. The number of carbonyl (C=O) groups is 1. The third-order valence-electron chi connectivity index (χ3n) is 4.24. The molecule has 0 aliphatic rings. The zero-order valence-electron chi connectivity index (χ0n) is 14.4. The number of amides is 1. The van der Waals surface area contributed by atoms with E-state index in [1.807, 2.05) is 67.6 Å². The van der Waals surface area contributed by atoms with Crippen LogP contribution in [0.5, 0.6) is 0 Å². The van der Waals surface area contributed by atoms with Gasteiger partial charge in [0.05, 0.1) is 23.2 Å². The van der Waals surface area contributed by atoms with E-state index < -0.39 is 0 Å². The first-order valence-electron chi connectivity index (χ1n) is 8.45. The van der Waals surface area contributed by atoms with E-state index in [4.69, 9.17) is 4.42 Å². The SMILES string of the molecule is Cc1ccccc1CC(=O)NCc1ccc(-c2nc3ccccc3s2)o1. The molecule has 130 valence electrons. The number of rotatable bonds is 5. The van der Waals surface area contributed by atoms with Crippen molar-refractivity contribution in [3.8, 4) is 10.8 Å². The summed E-state index contributed by atoms with van der Waals surface area (Å²) in [4.78, 5) is 16.8. The summed E-state index contributed by atoms with van der Waals surface area (Å²) in [5, 5.41) is 3.77. The molecule has 0 aliphatic carbocycles. The predicted octanol–water partition coefficient (Wildman–Crippen LogP) is 4.72. The summed E-state index contributed by atoms with van der Waals surface area (Å²) in [5.41, 5.74) is 3.13. The molecule has 0 spiro atoms. The van der Waals surface area contributed by atoms with E-state index in [0.29, 0.717) is 13.0 Å². The molecule has 4 nitrogen and oxygen atoms in total. The number of fused-ring (bicyclic) bond motifs is 1. The third-order valence-corrected chi connectivity index (χ3v) is 5.29. The van der Waals surface area contributed by atoms with E-state index in [0.717, 1.165) is 37.9 Å². The van der Waals surface area contributed by atoms with Crippen LogP contribution in [0.4, 0.5) is 0 Å². The van der Waals surface area contributed by atoms with Gasteiger partial charge >= 0.3 is 0 Å². The number of nitrogens with zero attached hydrogens (tertiary/aromatic N) is 1. The van der Waals surface area contributed by atoms with Gasteiger partial charge in [0.25, 0.3) is 0 Å². The van der Waals surface area contributed by atoms with Crippen LogP contribution in [0.15, 0.2) is 65.1 Å². The molecule has 0 saturated carbocycles. The molecular weight excluding hydrogens is 344 g/mol. The van der Waals surface area contributed by atoms with Crippen LogP contribution in [0, 0.1) is 6.92 Å². The molecule has 26 heavy (non-hydrogen) atoms. The summed E-state index contributed by atoms with van der Waals surface area (Å²) in [6.45, 7) is 2.38. The number of aromatic nitrogens is 1. The number of hydrogen-bond acceptors (Lipinski definition) is 4. The van der Waals surface area contributed by atoms with Gasteiger partial charge in [-0.25, -0.2) is 4.98 Å². The van der Waals surface area contributed by atoms with E-state index in [-0.39, 0.29) is 5.91 Å². The molecule has 1 amide bonds. The first kappa shape index (κ1) is 16.5. The number of furan rings is 1. The van der Waals surface area contributed by atoms with Crippen LogP contribution in [0.3, 0.4) is 0 Å². The normalized spacial score (nSPS) is 11.0. The van der Waals surface area contributed by atoms with E-state index >= 15 is 0 Å².